The Morgan fingerprint density at radius 2 is 1.26 bits per heavy atom. The molecule has 0 saturated heterocycles. The summed E-state index contributed by atoms with van der Waals surface area (Å²) in [6.07, 6.45) is 10.2. The molecule has 0 spiro atoms. The largest absolute Gasteiger partial charge is 0.396 e. The summed E-state index contributed by atoms with van der Waals surface area (Å²) in [5, 5.41) is 9.60. The van der Waals surface area contributed by atoms with Crippen LogP contribution in [0.25, 0.3) is 0 Å². The summed E-state index contributed by atoms with van der Waals surface area (Å²) in [4.78, 5) is 9.38. The van der Waals surface area contributed by atoms with E-state index in [2.05, 4.69) is 27.7 Å². The van der Waals surface area contributed by atoms with Crippen LogP contribution in [0.2, 0.25) is 0 Å². The topological polar surface area (TPSA) is 76.0 Å². The van der Waals surface area contributed by atoms with Crippen molar-refractivity contribution in [3.63, 3.8) is 0 Å². The molecule has 0 aromatic carbocycles. The van der Waals surface area contributed by atoms with E-state index in [-0.39, 0.29) is 17.4 Å². The molecule has 0 bridgehead atoms. The van der Waals surface area contributed by atoms with E-state index in [9.17, 15) is 14.6 Å². The summed E-state index contributed by atoms with van der Waals surface area (Å²) >= 11 is 0. The molecule has 0 aliphatic carbocycles. The van der Waals surface area contributed by atoms with Gasteiger partial charge in [0.2, 0.25) is 0 Å². The van der Waals surface area contributed by atoms with E-state index >= 15 is 0 Å². The molecule has 2 N–H and O–H groups in total. The maximum atomic E-state index is 11.4. The number of ether oxygens (including phenoxy) is 1. The van der Waals surface area contributed by atoms with E-state index in [1.165, 1.54) is 6.66 Å². The first-order valence-electron chi connectivity index (χ1n) is 10.9. The molecule has 1 unspecified atom stereocenters. The van der Waals surface area contributed by atoms with E-state index in [4.69, 9.17) is 9.26 Å². The van der Waals surface area contributed by atoms with Crippen LogP contribution in [0.4, 0.5) is 0 Å². The lowest BCUT2D eigenvalue weighted by Gasteiger charge is -2.32. The average Bonchev–Trinajstić information content (AvgIpc) is 2.66. The van der Waals surface area contributed by atoms with Crippen molar-refractivity contribution in [1.82, 2.24) is 0 Å². The molecule has 0 aliphatic heterocycles. The van der Waals surface area contributed by atoms with Gasteiger partial charge in [0.05, 0.1) is 6.61 Å². The second kappa shape index (κ2) is 14.1. The summed E-state index contributed by atoms with van der Waals surface area (Å²) in [6.45, 7) is 12.0. The van der Waals surface area contributed by atoms with Crippen molar-refractivity contribution in [2.45, 2.75) is 91.9 Å². The van der Waals surface area contributed by atoms with Gasteiger partial charge in [0, 0.05) is 26.5 Å². The fourth-order valence-electron chi connectivity index (χ4n) is 3.55. The van der Waals surface area contributed by atoms with Crippen LogP contribution in [0.15, 0.2) is 0 Å². The molecule has 27 heavy (non-hydrogen) atoms. The minimum absolute atomic E-state index is 0.0116. The summed E-state index contributed by atoms with van der Waals surface area (Å²) in [6, 6.07) is 0. The second-order valence-corrected chi connectivity index (χ2v) is 10.0. The van der Waals surface area contributed by atoms with Crippen LogP contribution in [-0.4, -0.2) is 43.1 Å². The van der Waals surface area contributed by atoms with E-state index < -0.39 is 7.60 Å². The third-order valence-electron chi connectivity index (χ3n) is 6.44. The second-order valence-electron chi connectivity index (χ2n) is 8.18. The van der Waals surface area contributed by atoms with E-state index in [1.807, 2.05) is 0 Å². The Kier molecular flexibility index (Phi) is 14.2. The van der Waals surface area contributed by atoms with Gasteiger partial charge in [-0.3, -0.25) is 4.57 Å². The van der Waals surface area contributed by atoms with Gasteiger partial charge in [0.1, 0.15) is 0 Å². The molecule has 0 saturated carbocycles. The molecule has 6 heteroatoms. The number of aliphatic hydroxyl groups excluding tert-OH is 1. The summed E-state index contributed by atoms with van der Waals surface area (Å²) < 4.78 is 22.4. The third kappa shape index (κ3) is 11.6. The summed E-state index contributed by atoms with van der Waals surface area (Å²) in [5.74, 6) is 0. The highest BCUT2D eigenvalue weighted by atomic mass is 31.2. The van der Waals surface area contributed by atoms with Gasteiger partial charge in [-0.05, 0) is 62.2 Å². The van der Waals surface area contributed by atoms with Gasteiger partial charge in [-0.15, -0.1) is 0 Å². The van der Waals surface area contributed by atoms with Gasteiger partial charge < -0.3 is 19.3 Å². The predicted octanol–water partition coefficient (Wildman–Crippen LogP) is 5.78. The molecular formula is C21H45O5P. The van der Waals surface area contributed by atoms with Crippen LogP contribution < -0.4 is 0 Å². The fourth-order valence-corrected chi connectivity index (χ4v) is 4.07. The first kappa shape index (κ1) is 27.1. The van der Waals surface area contributed by atoms with Crippen molar-refractivity contribution < 1.29 is 23.8 Å². The van der Waals surface area contributed by atoms with Crippen LogP contribution in [0.1, 0.15) is 91.9 Å². The number of hydrogen-bond acceptors (Lipinski definition) is 4. The van der Waals surface area contributed by atoms with E-state index in [0.29, 0.717) is 6.61 Å². The highest BCUT2D eigenvalue weighted by Crippen LogP contribution is 2.42. The van der Waals surface area contributed by atoms with E-state index in [1.54, 1.807) is 0 Å². The Bertz CT molecular complexity index is 391. The summed E-state index contributed by atoms with van der Waals surface area (Å²) in [5.41, 5.74) is 0.0884. The van der Waals surface area contributed by atoms with Crippen LogP contribution in [0.5, 0.6) is 0 Å². The molecule has 0 rings (SSSR count). The standard InChI is InChI=1S/C21H45O5P/c1-6-20(7-2,18-22)14-10-12-16-25-17-13-11-15-21(8-3,9-4)19-26-27(5,23)24/h22H,6-19H2,1-5H3,(H,23,24). The lowest BCUT2D eigenvalue weighted by molar-refractivity contribution is 0.0860. The van der Waals surface area contributed by atoms with Gasteiger partial charge in [0.25, 0.3) is 0 Å². The number of aliphatic hydroxyl groups is 1. The maximum Gasteiger partial charge on any atom is 0.325 e. The number of rotatable bonds is 18. The van der Waals surface area contributed by atoms with Crippen molar-refractivity contribution in [2.24, 2.45) is 10.8 Å². The van der Waals surface area contributed by atoms with Crippen LogP contribution >= 0.6 is 7.60 Å². The number of unbranched alkanes of at least 4 members (excludes halogenated alkanes) is 2. The normalized spacial score (nSPS) is 15.1. The van der Waals surface area contributed by atoms with Crippen molar-refractivity contribution in [3.05, 3.63) is 0 Å². The maximum absolute atomic E-state index is 11.4. The Morgan fingerprint density at radius 1 is 0.815 bits per heavy atom. The lowest BCUT2D eigenvalue weighted by atomic mass is 9.79. The molecule has 0 aliphatic rings. The van der Waals surface area contributed by atoms with E-state index in [0.717, 1.165) is 77.4 Å². The Balaban J connectivity index is 3.92. The first-order chi connectivity index (χ1) is 12.7. The Labute approximate surface area is 167 Å². The molecule has 0 heterocycles. The molecule has 164 valence electrons. The highest BCUT2D eigenvalue weighted by molar-refractivity contribution is 7.51. The molecule has 0 aromatic rings. The molecule has 5 nitrogen and oxygen atoms in total. The van der Waals surface area contributed by atoms with Crippen molar-refractivity contribution >= 4 is 7.60 Å². The fraction of sp³-hybridized carbons (Fsp3) is 1.00. The zero-order valence-corrected chi connectivity index (χ0v) is 19.4. The third-order valence-corrected chi connectivity index (χ3v) is 7.05. The van der Waals surface area contributed by atoms with Crippen molar-refractivity contribution in [3.8, 4) is 0 Å². The smallest absolute Gasteiger partial charge is 0.325 e. The average molecular weight is 409 g/mol. The quantitative estimate of drug-likeness (QED) is 0.222. The van der Waals surface area contributed by atoms with Crippen molar-refractivity contribution in [1.29, 1.82) is 0 Å². The zero-order valence-electron chi connectivity index (χ0n) is 18.5. The Hall–Kier alpha value is 0.0700. The van der Waals surface area contributed by atoms with Crippen LogP contribution in [-0.2, 0) is 13.8 Å². The SMILES string of the molecule is CCC(CC)(CO)CCCCOCCCCC(CC)(CC)COP(C)(=O)O. The molecule has 0 aromatic heterocycles. The summed E-state index contributed by atoms with van der Waals surface area (Å²) in [7, 11) is -3.41. The van der Waals surface area contributed by atoms with Gasteiger partial charge in [-0.1, -0.05) is 40.5 Å². The zero-order chi connectivity index (χ0) is 20.8. The Morgan fingerprint density at radius 3 is 1.63 bits per heavy atom. The minimum atomic E-state index is -3.41. The lowest BCUT2D eigenvalue weighted by Crippen LogP contribution is -2.25. The molecule has 0 amide bonds. The van der Waals surface area contributed by atoms with Gasteiger partial charge in [0.15, 0.2) is 0 Å². The first-order valence-corrected chi connectivity index (χ1v) is 12.9. The monoisotopic (exact) mass is 408 g/mol. The van der Waals surface area contributed by atoms with Gasteiger partial charge in [-0.2, -0.15) is 0 Å². The molecule has 1 atom stereocenters. The molecule has 0 radical (unpaired) electrons. The minimum Gasteiger partial charge on any atom is -0.396 e. The predicted molar refractivity (Wildman–Crippen MR) is 113 cm³/mol. The molecular weight excluding hydrogens is 363 g/mol. The molecule has 0 fully saturated rings. The van der Waals surface area contributed by atoms with Gasteiger partial charge in [-0.25, -0.2) is 0 Å². The van der Waals surface area contributed by atoms with Crippen molar-refractivity contribution in [2.75, 3.05) is 33.1 Å². The number of hydrogen-bond donors (Lipinski definition) is 2. The van der Waals surface area contributed by atoms with Crippen LogP contribution in [0, 0.1) is 10.8 Å². The highest BCUT2D eigenvalue weighted by Gasteiger charge is 2.28. The van der Waals surface area contributed by atoms with Gasteiger partial charge >= 0.3 is 7.60 Å². The van der Waals surface area contributed by atoms with Crippen LogP contribution in [0.3, 0.4) is 0 Å².